The largest absolute Gasteiger partial charge is 0.296 e. The first-order valence-corrected chi connectivity index (χ1v) is 17.6. The van der Waals surface area contributed by atoms with Gasteiger partial charge in [-0.1, -0.05) is 13.3 Å². The molecule has 0 bridgehead atoms. The summed E-state index contributed by atoms with van der Waals surface area (Å²) in [5.74, 6) is -42.5. The quantitative estimate of drug-likeness (QED) is 0.0459. The first-order valence-electron chi connectivity index (χ1n) is 16.1. The third-order valence-electron chi connectivity index (χ3n) is 8.25. The Labute approximate surface area is 299 Å². The van der Waals surface area contributed by atoms with Crippen LogP contribution in [0.4, 0.5) is 65.9 Å². The van der Waals surface area contributed by atoms with Gasteiger partial charge >= 0.3 is 0 Å². The number of hydrogen-bond donors (Lipinski definition) is 0. The van der Waals surface area contributed by atoms with Crippen molar-refractivity contribution in [3.05, 3.63) is 87.3 Å². The van der Waals surface area contributed by atoms with Crippen LogP contribution in [0.15, 0.2) is 0 Å². The fourth-order valence-electron chi connectivity index (χ4n) is 7.52. The molecular weight excluding hydrogens is 759 g/mol. The van der Waals surface area contributed by atoms with E-state index in [1.807, 2.05) is 5.92 Å². The van der Waals surface area contributed by atoms with E-state index in [-0.39, 0.29) is 12.8 Å². The number of rotatable bonds is 5. The molecule has 3 rings (SSSR count). The van der Waals surface area contributed by atoms with Crippen LogP contribution in [0.25, 0.3) is 0 Å². The molecule has 0 aromatic heterocycles. The highest BCUT2D eigenvalue weighted by Crippen LogP contribution is 2.66. The zero-order valence-electron chi connectivity index (χ0n) is 30.4. The lowest BCUT2D eigenvalue weighted by Gasteiger charge is -2.42. The van der Waals surface area contributed by atoms with Crippen LogP contribution in [-0.4, -0.2) is 21.6 Å². The normalized spacial score (nSPS) is 12.5. The van der Waals surface area contributed by atoms with Crippen LogP contribution in [0.5, 0.6) is 0 Å². The van der Waals surface area contributed by atoms with E-state index in [0.717, 1.165) is 0 Å². The van der Waals surface area contributed by atoms with Gasteiger partial charge in [0.2, 0.25) is 0 Å². The van der Waals surface area contributed by atoms with Gasteiger partial charge in [-0.15, -0.1) is 22.3 Å². The smallest absolute Gasteiger partial charge is 0.200 e. The van der Waals surface area contributed by atoms with Gasteiger partial charge in [0.05, 0.1) is 15.5 Å². The highest BCUT2D eigenvalue weighted by Gasteiger charge is 2.50. The lowest BCUT2D eigenvalue weighted by atomic mass is 9.15. The number of benzene rings is 3. The standard InChI is InChI=1S/C24H9BF15.C12H27P/c1-2-3-4-5-6-25(7-10(26)16(32)22(38)17(33)11(7)27,8-12(28)18(34)23(39)19(35)13(8)29)9-14(30)20(36)24(40)21(37)15(9)31;1-10(2,3)13(11(4,5)6)12(7,8)9/h2-4H2,1H3;1-9H3/q-1;/p+1. The second kappa shape index (κ2) is 16.2. The summed E-state index contributed by atoms with van der Waals surface area (Å²) in [4.78, 5) is 0. The minimum atomic E-state index is -5.79. The number of halogens is 15. The molecule has 0 amide bonds. The van der Waals surface area contributed by atoms with Crippen molar-refractivity contribution in [1.82, 2.24) is 0 Å². The molecule has 0 radical (unpaired) electrons. The summed E-state index contributed by atoms with van der Waals surface area (Å²) < 4.78 is 218. The van der Waals surface area contributed by atoms with Crippen LogP contribution >= 0.6 is 7.92 Å². The van der Waals surface area contributed by atoms with Crippen LogP contribution in [-0.2, 0) is 0 Å². The van der Waals surface area contributed by atoms with E-state index in [9.17, 15) is 39.5 Å². The molecule has 0 spiro atoms. The Balaban J connectivity index is 0.000000636. The molecule has 17 heteroatoms. The van der Waals surface area contributed by atoms with E-state index >= 15 is 26.3 Å². The monoisotopic (exact) mass is 796 g/mol. The maximum atomic E-state index is 15.1. The fraction of sp³-hybridized carbons (Fsp3) is 0.444. The van der Waals surface area contributed by atoms with Gasteiger partial charge in [0.1, 0.15) is 34.9 Å². The van der Waals surface area contributed by atoms with Gasteiger partial charge in [0.15, 0.2) is 58.5 Å². The molecule has 0 fully saturated rings. The van der Waals surface area contributed by atoms with Crippen LogP contribution in [0, 0.1) is 99.0 Å². The van der Waals surface area contributed by atoms with E-state index in [1.165, 1.54) is 12.7 Å². The zero-order chi connectivity index (χ0) is 41.5. The molecule has 3 aromatic carbocycles. The van der Waals surface area contributed by atoms with E-state index in [2.05, 4.69) is 62.3 Å². The van der Waals surface area contributed by atoms with Crippen LogP contribution < -0.4 is 16.4 Å². The zero-order valence-corrected chi connectivity index (χ0v) is 31.4. The van der Waals surface area contributed by atoms with E-state index in [0.29, 0.717) is 15.5 Å². The Bertz CT molecular complexity index is 1660. The van der Waals surface area contributed by atoms with Crippen molar-refractivity contribution in [2.24, 2.45) is 0 Å². The summed E-state index contributed by atoms with van der Waals surface area (Å²) in [6.07, 6.45) is -6.21. The van der Waals surface area contributed by atoms with Gasteiger partial charge in [-0.3, -0.25) is 5.82 Å². The van der Waals surface area contributed by atoms with Gasteiger partial charge in [-0.2, -0.15) is 0 Å². The van der Waals surface area contributed by atoms with Crippen LogP contribution in [0.2, 0.25) is 0 Å². The summed E-state index contributed by atoms with van der Waals surface area (Å²) in [7, 11) is -0.391. The van der Waals surface area contributed by atoms with Gasteiger partial charge in [0.25, 0.3) is 0 Å². The molecule has 0 saturated carbocycles. The predicted molar refractivity (Wildman–Crippen MR) is 178 cm³/mol. The third-order valence-corrected chi connectivity index (χ3v) is 12.8. The van der Waals surface area contributed by atoms with Crippen molar-refractivity contribution in [2.75, 3.05) is 0 Å². The molecule has 3 aromatic rings. The molecule has 0 unspecified atom stereocenters. The van der Waals surface area contributed by atoms with E-state index < -0.39 is 124 Å². The Morgan fingerprint density at radius 1 is 0.396 bits per heavy atom. The lowest BCUT2D eigenvalue weighted by molar-refractivity contribution is 0.380. The van der Waals surface area contributed by atoms with E-state index in [1.54, 1.807) is 0 Å². The van der Waals surface area contributed by atoms with Crippen LogP contribution in [0.3, 0.4) is 0 Å². The summed E-state index contributed by atoms with van der Waals surface area (Å²) in [6, 6.07) is 0. The SMILES string of the molecule is CC(C)(C)[PH+](C(C)(C)C)C(C)(C)C.CCCCC#C[B-](c1c(F)c(F)c(F)c(F)c1F)(c1c(F)c(F)c(F)c(F)c1F)c1c(F)c(F)c(F)c(F)c1F. The number of unbranched alkanes of at least 4 members (excludes halogenated alkanes) is 2. The summed E-state index contributed by atoms with van der Waals surface area (Å²) >= 11 is 0. The van der Waals surface area contributed by atoms with Gasteiger partial charge in [-0.25, -0.2) is 65.9 Å². The van der Waals surface area contributed by atoms with Crippen molar-refractivity contribution < 1.29 is 65.9 Å². The van der Waals surface area contributed by atoms with Crippen molar-refractivity contribution in [3.8, 4) is 11.7 Å². The molecule has 53 heavy (non-hydrogen) atoms. The second-order valence-corrected chi connectivity index (χ2v) is 20.6. The van der Waals surface area contributed by atoms with Crippen molar-refractivity contribution >= 4 is 30.5 Å². The molecule has 0 nitrogen and oxygen atoms in total. The lowest BCUT2D eigenvalue weighted by Crippen LogP contribution is -2.72. The Morgan fingerprint density at radius 3 is 0.774 bits per heavy atom. The molecule has 0 aliphatic carbocycles. The maximum Gasteiger partial charge on any atom is 0.200 e. The summed E-state index contributed by atoms with van der Waals surface area (Å²) in [5, 5.41) is 1.46. The van der Waals surface area contributed by atoms with Crippen LogP contribution in [0.1, 0.15) is 88.5 Å². The molecule has 0 saturated heterocycles. The topological polar surface area (TPSA) is 0 Å². The molecule has 0 aliphatic rings. The molecule has 294 valence electrons. The van der Waals surface area contributed by atoms with Crippen molar-refractivity contribution in [3.63, 3.8) is 0 Å². The molecular formula is C36H37BF15P. The summed E-state index contributed by atoms with van der Waals surface area (Å²) in [6.45, 7) is 23.1. The highest BCUT2D eigenvalue weighted by molar-refractivity contribution is 7.62. The third kappa shape index (κ3) is 8.50. The molecule has 0 heterocycles. The Morgan fingerprint density at radius 2 is 0.604 bits per heavy atom. The average Bonchev–Trinajstić information content (AvgIpc) is 3.02. The van der Waals surface area contributed by atoms with E-state index in [4.69, 9.17) is 0 Å². The summed E-state index contributed by atoms with van der Waals surface area (Å²) in [5.41, 5.74) is -8.19. The first kappa shape index (κ1) is 45.8. The fourth-order valence-corrected chi connectivity index (χ4v) is 14.3. The van der Waals surface area contributed by atoms with Gasteiger partial charge in [0, 0.05) is 14.3 Å². The van der Waals surface area contributed by atoms with Gasteiger partial charge in [-0.05, 0) is 68.7 Å². The van der Waals surface area contributed by atoms with Crippen molar-refractivity contribution in [2.45, 2.75) is 104 Å². The molecule has 0 N–H and O–H groups in total. The number of hydrogen-bond acceptors (Lipinski definition) is 0. The second-order valence-electron chi connectivity index (χ2n) is 15.4. The van der Waals surface area contributed by atoms with Gasteiger partial charge < -0.3 is 0 Å². The first-order chi connectivity index (χ1) is 24.0. The molecule has 0 aliphatic heterocycles. The Kier molecular flexibility index (Phi) is 14.0. The average molecular weight is 796 g/mol. The highest BCUT2D eigenvalue weighted by atomic mass is 31.1. The molecule has 0 atom stereocenters. The minimum absolute atomic E-state index is 0.0511. The van der Waals surface area contributed by atoms with Crippen molar-refractivity contribution in [1.29, 1.82) is 0 Å². The predicted octanol–water partition coefficient (Wildman–Crippen LogP) is 10.6. The maximum absolute atomic E-state index is 15.1. The Hall–Kier alpha value is -3.34. The minimum Gasteiger partial charge on any atom is -0.296 e.